The summed E-state index contributed by atoms with van der Waals surface area (Å²) in [5, 5.41) is 11.9. The van der Waals surface area contributed by atoms with E-state index in [0.717, 1.165) is 28.2 Å². The second kappa shape index (κ2) is 9.80. The predicted molar refractivity (Wildman–Crippen MR) is 160 cm³/mol. The van der Waals surface area contributed by atoms with Gasteiger partial charge < -0.3 is 9.84 Å². The van der Waals surface area contributed by atoms with Gasteiger partial charge in [-0.2, -0.15) is 0 Å². The van der Waals surface area contributed by atoms with Gasteiger partial charge in [0, 0.05) is 22.3 Å². The van der Waals surface area contributed by atoms with Crippen LogP contribution < -0.4 is 0 Å². The molecular formula is C35H52O3S. The fourth-order valence-corrected chi connectivity index (χ4v) is 12.8. The minimum Gasteiger partial charge on any atom is -0.387 e. The Morgan fingerprint density at radius 2 is 1.77 bits per heavy atom. The number of fused-ring (bicyclic) bond motifs is 4. The summed E-state index contributed by atoms with van der Waals surface area (Å²) in [5.74, 6) is 3.96. The summed E-state index contributed by atoms with van der Waals surface area (Å²) in [5.41, 5.74) is 2.31. The molecule has 0 radical (unpaired) electrons. The Balaban J connectivity index is 1.26. The van der Waals surface area contributed by atoms with E-state index in [1.807, 2.05) is 31.4 Å². The van der Waals surface area contributed by atoms with E-state index in [1.54, 1.807) is 0 Å². The molecule has 1 aromatic rings. The number of hydrogen-bond donors (Lipinski definition) is 1. The first kappa shape index (κ1) is 28.2. The SMILES string of the molecule is CO[C@@H]1C[C@H]2[C@@H]3CC[C@H]([C@H](C)[C@H](O)/C(=C\C(C)C)[S@](=O)c4ccc(C)cc4)[C@@]3(C)CC[C@@H]2[C@@]2(C)CC[C@@H]3C[C@]312. The third kappa shape index (κ3) is 4.04. The van der Waals surface area contributed by atoms with Gasteiger partial charge in [-0.3, -0.25) is 0 Å². The maximum absolute atomic E-state index is 13.8. The third-order valence-electron chi connectivity index (χ3n) is 13.3. The van der Waals surface area contributed by atoms with Gasteiger partial charge >= 0.3 is 0 Å². The van der Waals surface area contributed by atoms with Gasteiger partial charge in [0.05, 0.1) is 23.0 Å². The maximum atomic E-state index is 13.8. The van der Waals surface area contributed by atoms with Crippen LogP contribution in [0.4, 0.5) is 0 Å². The zero-order valence-corrected chi connectivity index (χ0v) is 26.2. The van der Waals surface area contributed by atoms with Gasteiger partial charge in [0.15, 0.2) is 0 Å². The van der Waals surface area contributed by atoms with Crippen LogP contribution in [-0.2, 0) is 15.5 Å². The molecule has 1 aromatic carbocycles. The minimum atomic E-state index is -1.35. The molecule has 12 atom stereocenters. The highest BCUT2D eigenvalue weighted by atomic mass is 32.2. The van der Waals surface area contributed by atoms with Crippen LogP contribution in [0.3, 0.4) is 0 Å². The van der Waals surface area contributed by atoms with Crippen molar-refractivity contribution < 1.29 is 14.1 Å². The van der Waals surface area contributed by atoms with E-state index in [4.69, 9.17) is 4.74 Å². The molecule has 4 heteroatoms. The van der Waals surface area contributed by atoms with Gasteiger partial charge in [-0.1, -0.05) is 58.4 Å². The van der Waals surface area contributed by atoms with Crippen LogP contribution in [0.15, 0.2) is 40.1 Å². The zero-order chi connectivity index (χ0) is 27.9. The molecule has 3 nitrogen and oxygen atoms in total. The van der Waals surface area contributed by atoms with Gasteiger partial charge in [0.2, 0.25) is 0 Å². The van der Waals surface area contributed by atoms with Crippen molar-refractivity contribution in [3.8, 4) is 0 Å². The molecule has 39 heavy (non-hydrogen) atoms. The molecule has 1 spiro atoms. The smallest absolute Gasteiger partial charge is 0.0902 e. The van der Waals surface area contributed by atoms with E-state index in [-0.39, 0.29) is 17.3 Å². The van der Waals surface area contributed by atoms with E-state index in [2.05, 4.69) is 47.6 Å². The number of rotatable bonds is 7. The van der Waals surface area contributed by atoms with Crippen molar-refractivity contribution in [1.82, 2.24) is 0 Å². The third-order valence-corrected chi connectivity index (χ3v) is 14.8. The Bertz CT molecular complexity index is 1140. The average molecular weight is 553 g/mol. The molecule has 5 fully saturated rings. The molecule has 216 valence electrons. The van der Waals surface area contributed by atoms with Crippen molar-refractivity contribution in [2.45, 2.75) is 110 Å². The van der Waals surface area contributed by atoms with Crippen LogP contribution >= 0.6 is 0 Å². The molecule has 6 rings (SSSR count). The van der Waals surface area contributed by atoms with Crippen molar-refractivity contribution in [1.29, 1.82) is 0 Å². The van der Waals surface area contributed by atoms with Gasteiger partial charge in [-0.25, -0.2) is 4.21 Å². The van der Waals surface area contributed by atoms with Crippen LogP contribution in [0, 0.1) is 64.6 Å². The number of benzene rings is 1. The number of aliphatic hydroxyl groups is 1. The summed E-state index contributed by atoms with van der Waals surface area (Å²) >= 11 is 0. The number of aliphatic hydroxyl groups excluding tert-OH is 1. The quantitative estimate of drug-likeness (QED) is 0.374. The summed E-state index contributed by atoms with van der Waals surface area (Å²) in [7, 11) is 0.624. The maximum Gasteiger partial charge on any atom is 0.0902 e. The predicted octanol–water partition coefficient (Wildman–Crippen LogP) is 7.92. The van der Waals surface area contributed by atoms with E-state index < -0.39 is 16.9 Å². The Hall–Kier alpha value is -0.970. The van der Waals surface area contributed by atoms with Crippen LogP contribution in [0.2, 0.25) is 0 Å². The van der Waals surface area contributed by atoms with Crippen LogP contribution in [0.5, 0.6) is 0 Å². The molecule has 5 aliphatic carbocycles. The summed E-state index contributed by atoms with van der Waals surface area (Å²) in [4.78, 5) is 1.50. The van der Waals surface area contributed by atoms with Crippen molar-refractivity contribution in [3.05, 3.63) is 40.8 Å². The lowest BCUT2D eigenvalue weighted by Gasteiger charge is -2.61. The van der Waals surface area contributed by atoms with Crippen molar-refractivity contribution in [2.24, 2.45) is 57.7 Å². The molecule has 0 saturated heterocycles. The fraction of sp³-hybridized carbons (Fsp3) is 0.771. The van der Waals surface area contributed by atoms with Crippen LogP contribution in [0.1, 0.15) is 91.5 Å². The molecule has 5 saturated carbocycles. The van der Waals surface area contributed by atoms with E-state index >= 15 is 0 Å². The second-order valence-electron chi connectivity index (χ2n) is 15.2. The van der Waals surface area contributed by atoms with Gasteiger partial charge in [0.1, 0.15) is 0 Å². The fourth-order valence-electron chi connectivity index (χ4n) is 11.4. The monoisotopic (exact) mass is 552 g/mol. The summed E-state index contributed by atoms with van der Waals surface area (Å²) in [6, 6.07) is 7.96. The number of methoxy groups -OCH3 is 1. The Morgan fingerprint density at radius 3 is 2.41 bits per heavy atom. The highest BCUT2D eigenvalue weighted by Crippen LogP contribution is 2.82. The summed E-state index contributed by atoms with van der Waals surface area (Å²) < 4.78 is 20.1. The summed E-state index contributed by atoms with van der Waals surface area (Å²) in [6.07, 6.45) is 12.3. The lowest BCUT2D eigenvalue weighted by molar-refractivity contribution is -0.162. The highest BCUT2D eigenvalue weighted by Gasteiger charge is 2.77. The molecular weight excluding hydrogens is 500 g/mol. The average Bonchev–Trinajstić information content (AvgIpc) is 3.42. The Kier molecular flexibility index (Phi) is 7.08. The van der Waals surface area contributed by atoms with E-state index in [9.17, 15) is 9.32 Å². The number of allylic oxidation sites excluding steroid dienone is 1. The lowest BCUT2D eigenvalue weighted by Crippen LogP contribution is -2.57. The minimum absolute atomic E-state index is 0.0824. The number of hydrogen-bond acceptors (Lipinski definition) is 3. The molecule has 0 unspecified atom stereocenters. The Labute approximate surface area is 240 Å². The standard InChI is InChI=1S/C35H52O3S/c1-21(2)18-30(39(37)25-10-8-22(3)9-11-25)32(36)23(4)27-12-13-28-26-19-31(38-7)35-20-24(35)14-17-34(35,6)29(26)15-16-33(27,28)5/h8-11,18,21,23-24,26-29,31-32,36H,12-17,19-20H2,1-7H3/b30-18+/t23-,24+,26-,27+,28-,29-,31+,32-,33+,34+,35-,39+/m0/s1. The first-order chi connectivity index (χ1) is 18.5. The zero-order valence-electron chi connectivity index (χ0n) is 25.4. The van der Waals surface area contributed by atoms with Gasteiger partial charge in [0.25, 0.3) is 0 Å². The topological polar surface area (TPSA) is 46.5 Å². The van der Waals surface area contributed by atoms with Crippen molar-refractivity contribution in [3.63, 3.8) is 0 Å². The van der Waals surface area contributed by atoms with Crippen LogP contribution in [0.25, 0.3) is 0 Å². The van der Waals surface area contributed by atoms with Gasteiger partial charge in [-0.15, -0.1) is 0 Å². The molecule has 0 heterocycles. The molecule has 0 bridgehead atoms. The first-order valence-electron chi connectivity index (χ1n) is 15.9. The van der Waals surface area contributed by atoms with Gasteiger partial charge in [-0.05, 0) is 123 Å². The second-order valence-corrected chi connectivity index (χ2v) is 16.6. The number of aryl methyl sites for hydroxylation is 1. The molecule has 0 aromatic heterocycles. The molecule has 5 aliphatic rings. The van der Waals surface area contributed by atoms with E-state index in [1.165, 1.54) is 51.4 Å². The van der Waals surface area contributed by atoms with Crippen LogP contribution in [-0.4, -0.2) is 28.6 Å². The number of ether oxygens (including phenoxy) is 1. The van der Waals surface area contributed by atoms with Crippen molar-refractivity contribution in [2.75, 3.05) is 7.11 Å². The Morgan fingerprint density at radius 1 is 1.05 bits per heavy atom. The van der Waals surface area contributed by atoms with Crippen molar-refractivity contribution >= 4 is 10.8 Å². The summed E-state index contributed by atoms with van der Waals surface area (Å²) in [6.45, 7) is 13.7. The molecule has 0 amide bonds. The molecule has 1 N–H and O–H groups in total. The normalized spacial score (nSPS) is 45.2. The molecule has 0 aliphatic heterocycles. The highest BCUT2D eigenvalue weighted by molar-refractivity contribution is 7.89. The first-order valence-corrected chi connectivity index (χ1v) is 17.0. The lowest BCUT2D eigenvalue weighted by atomic mass is 9.45. The largest absolute Gasteiger partial charge is 0.387 e. The van der Waals surface area contributed by atoms with E-state index in [0.29, 0.717) is 33.7 Å².